The smallest absolute Gasteiger partial charge is 0.315 e. The lowest BCUT2D eigenvalue weighted by Gasteiger charge is -2.41. The predicted octanol–water partition coefficient (Wildman–Crippen LogP) is 6.03. The van der Waals surface area contributed by atoms with Crippen LogP contribution in [0.4, 0.5) is 0 Å². The summed E-state index contributed by atoms with van der Waals surface area (Å²) < 4.78 is 7.51. The fourth-order valence-electron chi connectivity index (χ4n) is 5.85. The zero-order chi connectivity index (χ0) is 25.5. The van der Waals surface area contributed by atoms with Crippen molar-refractivity contribution in [3.63, 3.8) is 0 Å². The lowest BCUT2D eigenvalue weighted by molar-refractivity contribution is -0.144. The third kappa shape index (κ3) is 3.78. The molecule has 6 rings (SSSR count). The Balaban J connectivity index is 1.54. The van der Waals surface area contributed by atoms with Gasteiger partial charge in [-0.3, -0.25) is 9.59 Å². The van der Waals surface area contributed by atoms with Crippen LogP contribution in [-0.2, 0) is 23.0 Å². The van der Waals surface area contributed by atoms with Gasteiger partial charge in [-0.15, -0.1) is 0 Å². The molecule has 5 nitrogen and oxygen atoms in total. The molecule has 1 aromatic heterocycles. The van der Waals surface area contributed by atoms with Crippen molar-refractivity contribution < 1.29 is 14.3 Å². The first kappa shape index (κ1) is 23.0. The molecule has 0 saturated heterocycles. The highest BCUT2D eigenvalue weighted by Gasteiger charge is 2.44. The monoisotopic (exact) mass is 488 g/mol. The lowest BCUT2D eigenvalue weighted by atomic mass is 9.79. The first-order valence-corrected chi connectivity index (χ1v) is 12.6. The first-order valence-electron chi connectivity index (χ1n) is 12.6. The van der Waals surface area contributed by atoms with E-state index in [1.165, 1.54) is 7.11 Å². The van der Waals surface area contributed by atoms with E-state index in [9.17, 15) is 9.59 Å². The maximum Gasteiger partial charge on any atom is 0.315 e. The van der Waals surface area contributed by atoms with E-state index in [-0.39, 0.29) is 11.9 Å². The Kier molecular flexibility index (Phi) is 5.76. The van der Waals surface area contributed by atoms with Crippen molar-refractivity contribution in [3.05, 3.63) is 119 Å². The van der Waals surface area contributed by atoms with Gasteiger partial charge in [0.25, 0.3) is 5.91 Å². The summed E-state index contributed by atoms with van der Waals surface area (Å²) in [6.07, 6.45) is 0.690. The molecule has 184 valence electrons. The first-order chi connectivity index (χ1) is 18.1. The highest BCUT2D eigenvalue weighted by Crippen LogP contribution is 2.44. The molecule has 1 amide bonds. The number of aromatic nitrogens is 1. The van der Waals surface area contributed by atoms with Crippen LogP contribution in [0.15, 0.2) is 97.1 Å². The Labute approximate surface area is 215 Å². The van der Waals surface area contributed by atoms with Crippen molar-refractivity contribution in [2.75, 3.05) is 13.7 Å². The summed E-state index contributed by atoms with van der Waals surface area (Å²) in [6, 6.07) is 31.7. The number of benzene rings is 4. The second kappa shape index (κ2) is 9.25. The minimum Gasteiger partial charge on any atom is -0.468 e. The van der Waals surface area contributed by atoms with Crippen molar-refractivity contribution >= 4 is 33.7 Å². The van der Waals surface area contributed by atoms with E-state index in [1.54, 1.807) is 0 Å². The highest BCUT2D eigenvalue weighted by molar-refractivity contribution is 6.08. The SMILES string of the molecule is COC(=O)[C@@H]1c2ccccc2C(=O)N(CCc2ccccc2)[C@H]1c1ccc2c(c1)c1ccccc1n2C. The number of methoxy groups -OCH3 is 1. The molecule has 5 aromatic rings. The average molecular weight is 489 g/mol. The van der Waals surface area contributed by atoms with Crippen LogP contribution in [0.3, 0.4) is 0 Å². The summed E-state index contributed by atoms with van der Waals surface area (Å²) in [5, 5.41) is 2.25. The van der Waals surface area contributed by atoms with E-state index in [2.05, 4.69) is 54.1 Å². The third-order valence-corrected chi connectivity index (χ3v) is 7.66. The summed E-state index contributed by atoms with van der Waals surface area (Å²) in [5.41, 5.74) is 5.61. The van der Waals surface area contributed by atoms with Crippen LogP contribution >= 0.6 is 0 Å². The number of para-hydroxylation sites is 1. The Morgan fingerprint density at radius 3 is 2.35 bits per heavy atom. The predicted molar refractivity (Wildman–Crippen MR) is 146 cm³/mol. The van der Waals surface area contributed by atoms with Gasteiger partial charge in [0.2, 0.25) is 0 Å². The summed E-state index contributed by atoms with van der Waals surface area (Å²) in [7, 11) is 3.48. The molecule has 4 aromatic carbocycles. The number of ether oxygens (including phenoxy) is 1. The van der Waals surface area contributed by atoms with Crippen molar-refractivity contribution in [1.82, 2.24) is 9.47 Å². The van der Waals surface area contributed by atoms with Crippen molar-refractivity contribution in [2.45, 2.75) is 18.4 Å². The molecule has 0 spiro atoms. The summed E-state index contributed by atoms with van der Waals surface area (Å²) in [6.45, 7) is 0.489. The molecule has 37 heavy (non-hydrogen) atoms. The molecule has 0 unspecified atom stereocenters. The molecular formula is C32H28N2O3. The number of amides is 1. The van der Waals surface area contributed by atoms with Gasteiger partial charge in [-0.1, -0.05) is 72.8 Å². The molecule has 0 saturated carbocycles. The Morgan fingerprint density at radius 1 is 0.838 bits per heavy atom. The second-order valence-electron chi connectivity index (χ2n) is 9.62. The van der Waals surface area contributed by atoms with Gasteiger partial charge in [0.1, 0.15) is 5.92 Å². The third-order valence-electron chi connectivity index (χ3n) is 7.66. The molecule has 1 aliphatic rings. The van der Waals surface area contributed by atoms with E-state index < -0.39 is 12.0 Å². The number of carbonyl (C=O) groups is 2. The van der Waals surface area contributed by atoms with Crippen LogP contribution in [0, 0.1) is 0 Å². The molecule has 2 atom stereocenters. The standard InChI is InChI=1S/C32H28N2O3/c1-33-27-15-9-8-12-23(27)26-20-22(16-17-28(26)33)30-29(32(36)37-2)24-13-6-7-14-25(24)31(35)34(30)19-18-21-10-4-3-5-11-21/h3-17,20,29-30H,18-19H2,1-2H3/t29-,30+/m1/s1. The van der Waals surface area contributed by atoms with Gasteiger partial charge in [-0.05, 0) is 47.4 Å². The van der Waals surface area contributed by atoms with Crippen molar-refractivity contribution in [2.24, 2.45) is 7.05 Å². The Morgan fingerprint density at radius 2 is 1.54 bits per heavy atom. The number of hydrogen-bond donors (Lipinski definition) is 0. The number of rotatable bonds is 5. The zero-order valence-electron chi connectivity index (χ0n) is 20.9. The van der Waals surface area contributed by atoms with E-state index in [1.807, 2.05) is 59.5 Å². The van der Waals surface area contributed by atoms with Crippen LogP contribution in [-0.4, -0.2) is 35.0 Å². The minimum atomic E-state index is -0.623. The highest BCUT2D eigenvalue weighted by atomic mass is 16.5. The van der Waals surface area contributed by atoms with Gasteiger partial charge in [0, 0.05) is 41.0 Å². The summed E-state index contributed by atoms with van der Waals surface area (Å²) in [4.78, 5) is 29.1. The number of esters is 1. The maximum atomic E-state index is 13.9. The lowest BCUT2D eigenvalue weighted by Crippen LogP contribution is -2.46. The summed E-state index contributed by atoms with van der Waals surface area (Å²) in [5.74, 6) is -1.02. The molecule has 0 fully saturated rings. The van der Waals surface area contributed by atoms with Crippen LogP contribution < -0.4 is 0 Å². The van der Waals surface area contributed by atoms with Crippen LogP contribution in [0.25, 0.3) is 21.8 Å². The fourth-order valence-corrected chi connectivity index (χ4v) is 5.85. The van der Waals surface area contributed by atoms with E-state index in [0.717, 1.165) is 38.5 Å². The molecule has 1 aliphatic heterocycles. The minimum absolute atomic E-state index is 0.0605. The normalized spacial score (nSPS) is 17.2. The molecule has 0 N–H and O–H groups in total. The topological polar surface area (TPSA) is 51.5 Å². The van der Waals surface area contributed by atoms with E-state index in [4.69, 9.17) is 4.74 Å². The number of carbonyl (C=O) groups excluding carboxylic acids is 2. The van der Waals surface area contributed by atoms with Gasteiger partial charge in [0.15, 0.2) is 0 Å². The average Bonchev–Trinajstić information content (AvgIpc) is 3.24. The van der Waals surface area contributed by atoms with Crippen LogP contribution in [0.5, 0.6) is 0 Å². The fraction of sp³-hybridized carbons (Fsp3) is 0.188. The van der Waals surface area contributed by atoms with Crippen LogP contribution in [0.2, 0.25) is 0 Å². The van der Waals surface area contributed by atoms with Gasteiger partial charge in [0.05, 0.1) is 13.2 Å². The van der Waals surface area contributed by atoms with Crippen molar-refractivity contribution in [3.8, 4) is 0 Å². The number of hydrogen-bond acceptors (Lipinski definition) is 3. The second-order valence-corrected chi connectivity index (χ2v) is 9.62. The number of aryl methyl sites for hydroxylation is 1. The molecule has 5 heteroatoms. The largest absolute Gasteiger partial charge is 0.468 e. The number of nitrogens with zero attached hydrogens (tertiary/aromatic N) is 2. The van der Waals surface area contributed by atoms with Gasteiger partial charge < -0.3 is 14.2 Å². The molecule has 0 radical (unpaired) electrons. The van der Waals surface area contributed by atoms with E-state index in [0.29, 0.717) is 18.5 Å². The number of fused-ring (bicyclic) bond motifs is 4. The van der Waals surface area contributed by atoms with Gasteiger partial charge >= 0.3 is 5.97 Å². The maximum absolute atomic E-state index is 13.9. The quantitative estimate of drug-likeness (QED) is 0.284. The Bertz CT molecular complexity index is 1640. The zero-order valence-corrected chi connectivity index (χ0v) is 20.9. The molecule has 0 aliphatic carbocycles. The molecular weight excluding hydrogens is 460 g/mol. The Hall–Kier alpha value is -4.38. The molecule has 2 heterocycles. The molecule has 0 bridgehead atoms. The van der Waals surface area contributed by atoms with Gasteiger partial charge in [-0.25, -0.2) is 0 Å². The van der Waals surface area contributed by atoms with Crippen molar-refractivity contribution in [1.29, 1.82) is 0 Å². The van der Waals surface area contributed by atoms with Gasteiger partial charge in [-0.2, -0.15) is 0 Å². The van der Waals surface area contributed by atoms with E-state index >= 15 is 0 Å². The summed E-state index contributed by atoms with van der Waals surface area (Å²) >= 11 is 0. The van der Waals surface area contributed by atoms with Crippen LogP contribution in [0.1, 0.15) is 39.0 Å².